The molecule has 1 unspecified atom stereocenters. The Hall–Kier alpha value is -4.94. The summed E-state index contributed by atoms with van der Waals surface area (Å²) in [7, 11) is 0. The third-order valence-electron chi connectivity index (χ3n) is 8.09. The van der Waals surface area contributed by atoms with Gasteiger partial charge >= 0.3 is 35.8 Å². The quantitative estimate of drug-likeness (QED) is 0.0466. The number of ether oxygens (including phenoxy) is 5. The lowest BCUT2D eigenvalue weighted by Crippen LogP contribution is -2.41. The van der Waals surface area contributed by atoms with Crippen molar-refractivity contribution in [3.63, 3.8) is 0 Å². The van der Waals surface area contributed by atoms with Crippen molar-refractivity contribution in [1.82, 2.24) is 0 Å². The number of hydrogen-bond acceptors (Lipinski definition) is 11. The summed E-state index contributed by atoms with van der Waals surface area (Å²) >= 11 is 0. The number of esters is 4. The van der Waals surface area contributed by atoms with Crippen molar-refractivity contribution in [1.29, 1.82) is 0 Å². The summed E-state index contributed by atoms with van der Waals surface area (Å²) in [4.78, 5) is 72.7. The second kappa shape index (κ2) is 25.1. The van der Waals surface area contributed by atoms with Gasteiger partial charge in [-0.3, -0.25) is 14.4 Å². The summed E-state index contributed by atoms with van der Waals surface area (Å²) in [6.45, 7) is 3.65. The Morgan fingerprint density at radius 2 is 1.27 bits per heavy atom. The van der Waals surface area contributed by atoms with Gasteiger partial charge in [-0.15, -0.1) is 0 Å². The minimum absolute atomic E-state index is 0.0712. The Bertz CT molecular complexity index is 1380. The molecule has 2 aromatic carbocycles. The Morgan fingerprint density at radius 3 is 1.87 bits per heavy atom. The molecule has 2 N–H and O–H groups in total. The first-order valence-electron chi connectivity index (χ1n) is 17.9. The number of para-hydroxylation sites is 1. The van der Waals surface area contributed by atoms with Gasteiger partial charge in [0, 0.05) is 13.3 Å². The van der Waals surface area contributed by atoms with Crippen LogP contribution in [0.4, 0.5) is 0 Å². The first-order valence-corrected chi connectivity index (χ1v) is 17.9. The fourth-order valence-electron chi connectivity index (χ4n) is 5.38. The lowest BCUT2D eigenvalue weighted by atomic mass is 9.93. The van der Waals surface area contributed by atoms with Crippen molar-refractivity contribution < 1.29 is 62.7 Å². The number of carboxylic acid groups (broad SMARTS) is 2. The first kappa shape index (κ1) is 43.2. The van der Waals surface area contributed by atoms with Crippen LogP contribution in [0.1, 0.15) is 96.5 Å². The van der Waals surface area contributed by atoms with Crippen LogP contribution < -0.4 is 4.74 Å². The maximum absolute atomic E-state index is 12.9. The molecule has 0 saturated carbocycles. The van der Waals surface area contributed by atoms with E-state index in [1.54, 1.807) is 0 Å². The monoisotopic (exact) mass is 728 g/mol. The van der Waals surface area contributed by atoms with Crippen molar-refractivity contribution in [2.75, 3.05) is 13.2 Å². The molecule has 0 aromatic heterocycles. The molecule has 13 heteroatoms. The molecule has 2 rings (SSSR count). The predicted molar refractivity (Wildman–Crippen MR) is 188 cm³/mol. The zero-order valence-electron chi connectivity index (χ0n) is 30.1. The molecular formula is C39H52O13. The molecule has 0 bridgehead atoms. The van der Waals surface area contributed by atoms with E-state index in [1.807, 2.05) is 67.6 Å². The summed E-state index contributed by atoms with van der Waals surface area (Å²) in [5.41, 5.74) is 1.06. The van der Waals surface area contributed by atoms with E-state index in [0.29, 0.717) is 32.3 Å². The molecule has 2 aromatic rings. The average molecular weight is 729 g/mol. The van der Waals surface area contributed by atoms with E-state index >= 15 is 0 Å². The number of carbonyl (C=O) groups is 6. The van der Waals surface area contributed by atoms with Crippen LogP contribution in [0, 0.1) is 5.92 Å². The molecule has 0 fully saturated rings. The second-order valence-corrected chi connectivity index (χ2v) is 12.6. The summed E-state index contributed by atoms with van der Waals surface area (Å²) in [5, 5.41) is 18.3. The van der Waals surface area contributed by atoms with E-state index in [4.69, 9.17) is 28.8 Å². The SMILES string of the molecule is CC(=O)O[C@H](CCCOC(=O)C(OC(=O)CCCCCCCCCCOc1ccccc1)C(=O)O[C@H](CC(=O)O)C(=O)O)[C@H](C)Cc1ccccc1. The number of benzene rings is 2. The van der Waals surface area contributed by atoms with Gasteiger partial charge in [-0.2, -0.15) is 0 Å². The maximum Gasteiger partial charge on any atom is 0.360 e. The highest BCUT2D eigenvalue weighted by molar-refractivity contribution is 6.00. The first-order chi connectivity index (χ1) is 25.0. The largest absolute Gasteiger partial charge is 0.494 e. The number of unbranched alkanes of at least 4 members (excludes halogenated alkanes) is 7. The highest BCUT2D eigenvalue weighted by atomic mass is 16.6. The molecule has 0 heterocycles. The second-order valence-electron chi connectivity index (χ2n) is 12.6. The minimum atomic E-state index is -2.25. The molecule has 0 amide bonds. The van der Waals surface area contributed by atoms with Gasteiger partial charge in [-0.1, -0.05) is 94.0 Å². The van der Waals surface area contributed by atoms with Crippen LogP contribution in [0.25, 0.3) is 0 Å². The van der Waals surface area contributed by atoms with Crippen molar-refractivity contribution in [3.05, 3.63) is 66.2 Å². The Labute approximate surface area is 304 Å². The topological polar surface area (TPSA) is 189 Å². The molecule has 0 radical (unpaired) electrons. The molecule has 0 aliphatic carbocycles. The normalized spacial score (nSPS) is 13.1. The Morgan fingerprint density at radius 1 is 0.673 bits per heavy atom. The fraction of sp³-hybridized carbons (Fsp3) is 0.538. The third kappa shape index (κ3) is 18.9. The standard InChI is InChI=1S/C39H52O13/c1-28(26-30-18-11-9-12-19-30)32(50-29(2)40)22-17-25-49-38(46)36(39(47)51-33(37(44)45)27-34(41)42)52-35(43)23-15-7-5-3-4-6-8-16-24-48-31-20-13-10-14-21-31/h9-14,18-21,28,32-33,36H,3-8,15-17,22-27H2,1-2H3,(H,41,42)(H,44,45)/t28-,32-,33-,36?/m1/s1. The van der Waals surface area contributed by atoms with Crippen LogP contribution in [-0.4, -0.2) is 77.6 Å². The van der Waals surface area contributed by atoms with Crippen LogP contribution in [0.15, 0.2) is 60.7 Å². The molecule has 13 nitrogen and oxygen atoms in total. The highest BCUT2D eigenvalue weighted by Crippen LogP contribution is 2.20. The Balaban J connectivity index is 1.82. The molecule has 0 aliphatic rings. The van der Waals surface area contributed by atoms with Crippen molar-refractivity contribution >= 4 is 35.8 Å². The van der Waals surface area contributed by atoms with E-state index in [-0.39, 0.29) is 25.4 Å². The van der Waals surface area contributed by atoms with Gasteiger partial charge in [-0.25, -0.2) is 14.4 Å². The van der Waals surface area contributed by atoms with Gasteiger partial charge in [0.1, 0.15) is 11.9 Å². The number of hydrogen-bond donors (Lipinski definition) is 2. The molecule has 286 valence electrons. The van der Waals surface area contributed by atoms with E-state index in [1.165, 1.54) is 6.92 Å². The summed E-state index contributed by atoms with van der Waals surface area (Å²) in [6, 6.07) is 19.3. The number of aliphatic carboxylic acids is 2. The van der Waals surface area contributed by atoms with E-state index in [0.717, 1.165) is 49.8 Å². The summed E-state index contributed by atoms with van der Waals surface area (Å²) < 4.78 is 26.2. The summed E-state index contributed by atoms with van der Waals surface area (Å²) in [6.07, 6.45) is 2.17. The van der Waals surface area contributed by atoms with Gasteiger partial charge in [0.15, 0.2) is 0 Å². The Kier molecular flexibility index (Phi) is 20.9. The van der Waals surface area contributed by atoms with Crippen LogP contribution >= 0.6 is 0 Å². The number of carboxylic acids is 2. The predicted octanol–water partition coefficient (Wildman–Crippen LogP) is 6.09. The molecule has 0 spiro atoms. The fourth-order valence-corrected chi connectivity index (χ4v) is 5.38. The van der Waals surface area contributed by atoms with Crippen LogP contribution in [0.3, 0.4) is 0 Å². The molecular weight excluding hydrogens is 676 g/mol. The van der Waals surface area contributed by atoms with E-state index in [2.05, 4.69) is 0 Å². The lowest BCUT2D eigenvalue weighted by Gasteiger charge is -2.24. The van der Waals surface area contributed by atoms with E-state index < -0.39 is 60.5 Å². The molecule has 0 saturated heterocycles. The van der Waals surface area contributed by atoms with Crippen LogP contribution in [0.2, 0.25) is 0 Å². The molecule has 4 atom stereocenters. The lowest BCUT2D eigenvalue weighted by molar-refractivity contribution is -0.186. The molecule has 52 heavy (non-hydrogen) atoms. The van der Waals surface area contributed by atoms with Crippen LogP contribution in [-0.2, 0) is 54.1 Å². The smallest absolute Gasteiger partial charge is 0.360 e. The van der Waals surface area contributed by atoms with Gasteiger partial charge in [0.05, 0.1) is 19.6 Å². The maximum atomic E-state index is 12.9. The van der Waals surface area contributed by atoms with E-state index in [9.17, 15) is 33.9 Å². The summed E-state index contributed by atoms with van der Waals surface area (Å²) in [5.74, 6) is -6.75. The number of rotatable bonds is 27. The zero-order valence-corrected chi connectivity index (χ0v) is 30.1. The molecule has 0 aliphatic heterocycles. The van der Waals surface area contributed by atoms with Gasteiger partial charge in [0.25, 0.3) is 6.10 Å². The van der Waals surface area contributed by atoms with Crippen molar-refractivity contribution in [2.24, 2.45) is 5.92 Å². The van der Waals surface area contributed by atoms with Gasteiger partial charge in [-0.05, 0) is 55.7 Å². The average Bonchev–Trinajstić information content (AvgIpc) is 3.10. The van der Waals surface area contributed by atoms with Gasteiger partial charge in [0.2, 0.25) is 6.10 Å². The van der Waals surface area contributed by atoms with Gasteiger partial charge < -0.3 is 33.9 Å². The third-order valence-corrected chi connectivity index (χ3v) is 8.09. The van der Waals surface area contributed by atoms with Crippen molar-refractivity contribution in [3.8, 4) is 5.75 Å². The number of carbonyl (C=O) groups excluding carboxylic acids is 4. The minimum Gasteiger partial charge on any atom is -0.494 e. The zero-order chi connectivity index (χ0) is 38.1. The van der Waals surface area contributed by atoms with Crippen molar-refractivity contribution in [2.45, 2.75) is 116 Å². The van der Waals surface area contributed by atoms with Crippen LogP contribution in [0.5, 0.6) is 5.75 Å². The highest BCUT2D eigenvalue weighted by Gasteiger charge is 2.37.